The quantitative estimate of drug-likeness (QED) is 0.614. The van der Waals surface area contributed by atoms with Crippen molar-refractivity contribution in [1.29, 1.82) is 0 Å². The molecule has 0 saturated carbocycles. The number of carbonyl (C=O) groups is 1. The summed E-state index contributed by atoms with van der Waals surface area (Å²) in [6.45, 7) is 4.82. The minimum Gasteiger partial charge on any atom is -0.352 e. The summed E-state index contributed by atoms with van der Waals surface area (Å²) >= 11 is 9.35. The maximum absolute atomic E-state index is 12.0. The van der Waals surface area contributed by atoms with Crippen molar-refractivity contribution in [3.8, 4) is 0 Å². The van der Waals surface area contributed by atoms with Crippen LogP contribution in [0.5, 0.6) is 0 Å². The highest BCUT2D eigenvalue weighted by Gasteiger charge is 2.09. The highest BCUT2D eigenvalue weighted by Crippen LogP contribution is 2.15. The number of carbonyl (C=O) groups excluding carboxylic acids is 1. The average Bonchev–Trinajstić information content (AvgIpc) is 2.36. The topological polar surface area (TPSA) is 29.1 Å². The zero-order valence-electron chi connectivity index (χ0n) is 10.8. The number of rotatable bonds is 6. The van der Waals surface area contributed by atoms with Crippen LogP contribution in [-0.4, -0.2) is 17.8 Å². The first-order chi connectivity index (χ1) is 8.54. The Labute approximate surface area is 122 Å². The molecular weight excluding hydrogens is 314 g/mol. The Morgan fingerprint density at radius 1 is 1.50 bits per heavy atom. The van der Waals surface area contributed by atoms with E-state index < -0.39 is 0 Å². The first kappa shape index (κ1) is 15.5. The SMILES string of the molecule is Cc1ccc(Cl)cc1C(=O)NCCCC(C)CBr. The van der Waals surface area contributed by atoms with Crippen molar-refractivity contribution in [3.05, 3.63) is 34.3 Å². The highest BCUT2D eigenvalue weighted by atomic mass is 79.9. The van der Waals surface area contributed by atoms with Crippen molar-refractivity contribution in [2.75, 3.05) is 11.9 Å². The number of alkyl halides is 1. The fourth-order valence-electron chi connectivity index (χ4n) is 1.66. The summed E-state index contributed by atoms with van der Waals surface area (Å²) in [5.41, 5.74) is 1.61. The van der Waals surface area contributed by atoms with Crippen LogP contribution in [0.15, 0.2) is 18.2 Å². The van der Waals surface area contributed by atoms with Crippen LogP contribution in [0.1, 0.15) is 35.7 Å². The number of aryl methyl sites for hydroxylation is 1. The van der Waals surface area contributed by atoms with Crippen LogP contribution in [0.4, 0.5) is 0 Å². The monoisotopic (exact) mass is 331 g/mol. The van der Waals surface area contributed by atoms with Gasteiger partial charge in [-0.15, -0.1) is 0 Å². The Balaban J connectivity index is 2.43. The molecule has 0 spiro atoms. The lowest BCUT2D eigenvalue weighted by Gasteiger charge is -2.10. The van der Waals surface area contributed by atoms with Crippen molar-refractivity contribution in [2.24, 2.45) is 5.92 Å². The molecule has 1 unspecified atom stereocenters. The van der Waals surface area contributed by atoms with E-state index in [2.05, 4.69) is 28.2 Å². The molecule has 0 aliphatic carbocycles. The van der Waals surface area contributed by atoms with Gasteiger partial charge in [-0.2, -0.15) is 0 Å². The van der Waals surface area contributed by atoms with E-state index in [1.54, 1.807) is 12.1 Å². The van der Waals surface area contributed by atoms with Gasteiger partial charge in [0.25, 0.3) is 5.91 Å². The molecule has 0 aliphatic heterocycles. The summed E-state index contributed by atoms with van der Waals surface area (Å²) in [5, 5.41) is 4.54. The molecule has 0 bridgehead atoms. The molecule has 1 aromatic rings. The molecule has 0 heterocycles. The number of hydrogen-bond acceptors (Lipinski definition) is 1. The average molecular weight is 333 g/mol. The van der Waals surface area contributed by atoms with E-state index in [4.69, 9.17) is 11.6 Å². The molecule has 1 aromatic carbocycles. The van der Waals surface area contributed by atoms with Crippen molar-refractivity contribution in [1.82, 2.24) is 5.32 Å². The van der Waals surface area contributed by atoms with E-state index in [0.29, 0.717) is 23.0 Å². The lowest BCUT2D eigenvalue weighted by atomic mass is 10.1. The fourth-order valence-corrected chi connectivity index (χ4v) is 2.16. The molecule has 0 aromatic heterocycles. The Morgan fingerprint density at radius 2 is 2.22 bits per heavy atom. The maximum atomic E-state index is 12.0. The summed E-state index contributed by atoms with van der Waals surface area (Å²) in [5.74, 6) is 0.608. The smallest absolute Gasteiger partial charge is 0.251 e. The van der Waals surface area contributed by atoms with Crippen molar-refractivity contribution in [3.63, 3.8) is 0 Å². The summed E-state index contributed by atoms with van der Waals surface area (Å²) in [7, 11) is 0. The molecular formula is C14H19BrClNO. The van der Waals surface area contributed by atoms with E-state index >= 15 is 0 Å². The van der Waals surface area contributed by atoms with Gasteiger partial charge < -0.3 is 5.32 Å². The van der Waals surface area contributed by atoms with E-state index in [-0.39, 0.29) is 5.91 Å². The first-order valence-corrected chi connectivity index (χ1v) is 7.65. The molecule has 2 nitrogen and oxygen atoms in total. The van der Waals surface area contributed by atoms with Gasteiger partial charge in [0.05, 0.1) is 0 Å². The fraction of sp³-hybridized carbons (Fsp3) is 0.500. The molecule has 0 radical (unpaired) electrons. The third-order valence-electron chi connectivity index (χ3n) is 2.87. The van der Waals surface area contributed by atoms with Crippen LogP contribution in [0.25, 0.3) is 0 Å². The van der Waals surface area contributed by atoms with Crippen LogP contribution in [-0.2, 0) is 0 Å². The van der Waals surface area contributed by atoms with Crippen molar-refractivity contribution < 1.29 is 4.79 Å². The molecule has 1 N–H and O–H groups in total. The molecule has 0 saturated heterocycles. The maximum Gasteiger partial charge on any atom is 0.251 e. The predicted octanol–water partition coefficient (Wildman–Crippen LogP) is 4.19. The van der Waals surface area contributed by atoms with Crippen LogP contribution in [0.3, 0.4) is 0 Å². The zero-order chi connectivity index (χ0) is 13.5. The Kier molecular flexibility index (Phi) is 6.72. The van der Waals surface area contributed by atoms with Gasteiger partial charge in [0.1, 0.15) is 0 Å². The van der Waals surface area contributed by atoms with Gasteiger partial charge in [0.2, 0.25) is 0 Å². The van der Waals surface area contributed by atoms with E-state index in [1.165, 1.54) is 0 Å². The van der Waals surface area contributed by atoms with Gasteiger partial charge in [-0.05, 0) is 43.4 Å². The molecule has 100 valence electrons. The third kappa shape index (κ3) is 4.99. The molecule has 0 aliphatic rings. The lowest BCUT2D eigenvalue weighted by molar-refractivity contribution is 0.0952. The molecule has 1 rings (SSSR count). The zero-order valence-corrected chi connectivity index (χ0v) is 13.1. The van der Waals surface area contributed by atoms with Gasteiger partial charge in [-0.3, -0.25) is 4.79 Å². The first-order valence-electron chi connectivity index (χ1n) is 6.15. The number of halogens is 2. The summed E-state index contributed by atoms with van der Waals surface area (Å²) in [6, 6.07) is 5.38. The number of hydrogen-bond donors (Lipinski definition) is 1. The lowest BCUT2D eigenvalue weighted by Crippen LogP contribution is -2.25. The summed E-state index contributed by atoms with van der Waals surface area (Å²) < 4.78 is 0. The van der Waals surface area contributed by atoms with E-state index in [1.807, 2.05) is 13.0 Å². The minimum absolute atomic E-state index is 0.0403. The molecule has 18 heavy (non-hydrogen) atoms. The normalized spacial score (nSPS) is 12.2. The third-order valence-corrected chi connectivity index (χ3v) is 4.21. The Morgan fingerprint density at radius 3 is 2.89 bits per heavy atom. The predicted molar refractivity (Wildman–Crippen MR) is 80.7 cm³/mol. The van der Waals surface area contributed by atoms with Gasteiger partial charge in [-0.1, -0.05) is 40.5 Å². The van der Waals surface area contributed by atoms with E-state index in [9.17, 15) is 4.79 Å². The van der Waals surface area contributed by atoms with Crippen LogP contribution in [0, 0.1) is 12.8 Å². The molecule has 0 fully saturated rings. The second-order valence-corrected chi connectivity index (χ2v) is 5.70. The minimum atomic E-state index is -0.0403. The summed E-state index contributed by atoms with van der Waals surface area (Å²) in [4.78, 5) is 12.0. The molecule has 4 heteroatoms. The second kappa shape index (κ2) is 7.80. The van der Waals surface area contributed by atoms with Gasteiger partial charge in [0.15, 0.2) is 0 Å². The van der Waals surface area contributed by atoms with Crippen LogP contribution >= 0.6 is 27.5 Å². The standard InChI is InChI=1S/C14H19BrClNO/c1-10(9-15)4-3-7-17-14(18)13-8-12(16)6-5-11(13)2/h5-6,8,10H,3-4,7,9H2,1-2H3,(H,17,18). The number of nitrogens with one attached hydrogen (secondary N) is 1. The van der Waals surface area contributed by atoms with Crippen molar-refractivity contribution in [2.45, 2.75) is 26.7 Å². The van der Waals surface area contributed by atoms with Gasteiger partial charge >= 0.3 is 0 Å². The van der Waals surface area contributed by atoms with Crippen molar-refractivity contribution >= 4 is 33.4 Å². The number of amides is 1. The number of benzene rings is 1. The van der Waals surface area contributed by atoms with Gasteiger partial charge in [-0.25, -0.2) is 0 Å². The largest absolute Gasteiger partial charge is 0.352 e. The molecule has 1 atom stereocenters. The Hall–Kier alpha value is -0.540. The molecule has 1 amide bonds. The van der Waals surface area contributed by atoms with Crippen LogP contribution in [0.2, 0.25) is 5.02 Å². The second-order valence-electron chi connectivity index (χ2n) is 4.62. The van der Waals surface area contributed by atoms with Crippen LogP contribution < -0.4 is 5.32 Å². The highest BCUT2D eigenvalue weighted by molar-refractivity contribution is 9.09. The summed E-state index contributed by atoms with van der Waals surface area (Å²) in [6.07, 6.45) is 2.11. The van der Waals surface area contributed by atoms with E-state index in [0.717, 1.165) is 23.7 Å². The van der Waals surface area contributed by atoms with Gasteiger partial charge in [0, 0.05) is 22.5 Å². The Bertz CT molecular complexity index is 409.